The largest absolute Gasteiger partial charge is 0.394 e. The summed E-state index contributed by atoms with van der Waals surface area (Å²) in [5, 5.41) is 9.11. The first kappa shape index (κ1) is 14.2. The molecule has 4 nitrogen and oxygen atoms in total. The first-order valence-electron chi connectivity index (χ1n) is 6.74. The van der Waals surface area contributed by atoms with Gasteiger partial charge in [0.2, 0.25) is 0 Å². The van der Waals surface area contributed by atoms with Crippen molar-refractivity contribution in [3.8, 4) is 0 Å². The van der Waals surface area contributed by atoms with Gasteiger partial charge >= 0.3 is 0 Å². The maximum atomic E-state index is 12.3. The monoisotopic (exact) mass is 263 g/mol. The highest BCUT2D eigenvalue weighted by atomic mass is 16.5. The van der Waals surface area contributed by atoms with Crippen LogP contribution in [-0.4, -0.2) is 54.7 Å². The third-order valence-corrected chi connectivity index (χ3v) is 3.46. The molecule has 2 rings (SSSR count). The molecular weight excluding hydrogens is 242 g/mol. The molecule has 0 amide bonds. The summed E-state index contributed by atoms with van der Waals surface area (Å²) >= 11 is 0. The summed E-state index contributed by atoms with van der Waals surface area (Å²) < 4.78 is 5.41. The van der Waals surface area contributed by atoms with Crippen molar-refractivity contribution in [1.82, 2.24) is 4.90 Å². The zero-order valence-electron chi connectivity index (χ0n) is 11.3. The van der Waals surface area contributed by atoms with Gasteiger partial charge in [0.15, 0.2) is 5.78 Å². The average Bonchev–Trinajstić information content (AvgIpc) is 2.47. The van der Waals surface area contributed by atoms with Crippen LogP contribution in [0.1, 0.15) is 17.3 Å². The lowest BCUT2D eigenvalue weighted by atomic mass is 9.98. The summed E-state index contributed by atoms with van der Waals surface area (Å²) in [6.07, 6.45) is -0.118. The first-order chi connectivity index (χ1) is 9.20. The molecule has 1 N–H and O–H groups in total. The summed E-state index contributed by atoms with van der Waals surface area (Å²) in [6.45, 7) is 4.85. The Bertz CT molecular complexity index is 407. The predicted octanol–water partition coefficient (Wildman–Crippen LogP) is 1.20. The molecule has 1 aliphatic heterocycles. The van der Waals surface area contributed by atoms with Crippen LogP contribution in [0, 0.1) is 5.92 Å². The molecule has 104 valence electrons. The van der Waals surface area contributed by atoms with Crippen molar-refractivity contribution in [3.05, 3.63) is 35.9 Å². The Morgan fingerprint density at radius 2 is 2.21 bits per heavy atom. The summed E-state index contributed by atoms with van der Waals surface area (Å²) in [7, 11) is 0. The molecule has 0 radical (unpaired) electrons. The van der Waals surface area contributed by atoms with Crippen LogP contribution in [0.2, 0.25) is 0 Å². The van der Waals surface area contributed by atoms with Crippen LogP contribution in [0.4, 0.5) is 0 Å². The van der Waals surface area contributed by atoms with Gasteiger partial charge in [-0.2, -0.15) is 0 Å². The molecule has 1 aromatic carbocycles. The smallest absolute Gasteiger partial charge is 0.166 e. The normalized spacial score (nSPS) is 22.1. The standard InChI is InChI=1S/C15H21NO3/c1-12(15(18)13-5-3-2-4-6-13)9-16-7-8-19-14(10-16)11-17/h2-6,12,14,17H,7-11H2,1H3. The van der Waals surface area contributed by atoms with Crippen LogP contribution in [-0.2, 0) is 4.74 Å². The van der Waals surface area contributed by atoms with Gasteiger partial charge in [-0.1, -0.05) is 37.3 Å². The van der Waals surface area contributed by atoms with Crippen molar-refractivity contribution in [2.45, 2.75) is 13.0 Å². The molecule has 0 bridgehead atoms. The summed E-state index contributed by atoms with van der Waals surface area (Å²) in [4.78, 5) is 14.5. The van der Waals surface area contributed by atoms with E-state index in [2.05, 4.69) is 4.90 Å². The minimum absolute atomic E-state index is 0.0392. The number of carbonyl (C=O) groups excluding carboxylic acids is 1. The number of aliphatic hydroxyl groups excluding tert-OH is 1. The van der Waals surface area contributed by atoms with E-state index in [1.807, 2.05) is 37.3 Å². The topological polar surface area (TPSA) is 49.8 Å². The molecule has 2 atom stereocenters. The highest BCUT2D eigenvalue weighted by Gasteiger charge is 2.23. The van der Waals surface area contributed by atoms with E-state index in [0.29, 0.717) is 19.7 Å². The third-order valence-electron chi connectivity index (χ3n) is 3.46. The van der Waals surface area contributed by atoms with E-state index in [1.165, 1.54) is 0 Å². The quantitative estimate of drug-likeness (QED) is 0.811. The van der Waals surface area contributed by atoms with Crippen LogP contribution in [0.3, 0.4) is 0 Å². The van der Waals surface area contributed by atoms with Crippen LogP contribution in [0.25, 0.3) is 0 Å². The van der Waals surface area contributed by atoms with E-state index in [-0.39, 0.29) is 24.4 Å². The zero-order valence-corrected chi connectivity index (χ0v) is 11.3. The molecule has 4 heteroatoms. The Morgan fingerprint density at radius 3 is 2.89 bits per heavy atom. The van der Waals surface area contributed by atoms with Gasteiger partial charge in [-0.25, -0.2) is 0 Å². The van der Waals surface area contributed by atoms with Crippen molar-refractivity contribution in [3.63, 3.8) is 0 Å². The minimum atomic E-state index is -0.118. The van der Waals surface area contributed by atoms with Crippen LogP contribution < -0.4 is 0 Å². The van der Waals surface area contributed by atoms with Gasteiger partial charge < -0.3 is 9.84 Å². The van der Waals surface area contributed by atoms with Gasteiger partial charge in [0.1, 0.15) is 0 Å². The molecule has 0 saturated carbocycles. The van der Waals surface area contributed by atoms with E-state index in [9.17, 15) is 4.79 Å². The number of hydrogen-bond donors (Lipinski definition) is 1. The molecule has 1 aromatic rings. The lowest BCUT2D eigenvalue weighted by molar-refractivity contribution is -0.0548. The Hall–Kier alpha value is -1.23. The van der Waals surface area contributed by atoms with Crippen LogP contribution >= 0.6 is 0 Å². The second kappa shape index (κ2) is 6.80. The highest BCUT2D eigenvalue weighted by molar-refractivity contribution is 5.97. The number of benzene rings is 1. The van der Waals surface area contributed by atoms with Gasteiger partial charge in [0, 0.05) is 31.1 Å². The van der Waals surface area contributed by atoms with E-state index >= 15 is 0 Å². The Kier molecular flexibility index (Phi) is 5.07. The van der Waals surface area contributed by atoms with Crippen LogP contribution in [0.15, 0.2) is 30.3 Å². The fourth-order valence-corrected chi connectivity index (χ4v) is 2.41. The molecule has 0 aromatic heterocycles. The Balaban J connectivity index is 1.90. The highest BCUT2D eigenvalue weighted by Crippen LogP contribution is 2.12. The maximum absolute atomic E-state index is 12.3. The van der Waals surface area contributed by atoms with Crippen molar-refractivity contribution >= 4 is 5.78 Å². The summed E-state index contributed by atoms with van der Waals surface area (Å²) in [6, 6.07) is 9.39. The maximum Gasteiger partial charge on any atom is 0.166 e. The third kappa shape index (κ3) is 3.86. The zero-order chi connectivity index (χ0) is 13.7. The number of ether oxygens (including phenoxy) is 1. The molecular formula is C15H21NO3. The second-order valence-electron chi connectivity index (χ2n) is 5.07. The van der Waals surface area contributed by atoms with Gasteiger partial charge in [0.05, 0.1) is 19.3 Å². The molecule has 2 unspecified atom stereocenters. The molecule has 1 saturated heterocycles. The van der Waals surface area contributed by atoms with Crippen molar-refractivity contribution in [2.24, 2.45) is 5.92 Å². The van der Waals surface area contributed by atoms with Crippen molar-refractivity contribution in [1.29, 1.82) is 0 Å². The fraction of sp³-hybridized carbons (Fsp3) is 0.533. The number of nitrogens with zero attached hydrogens (tertiary/aromatic N) is 1. The number of Topliss-reactive ketones (excluding diaryl/α,β-unsaturated/α-hetero) is 1. The molecule has 1 heterocycles. The van der Waals surface area contributed by atoms with E-state index in [1.54, 1.807) is 0 Å². The first-order valence-corrected chi connectivity index (χ1v) is 6.74. The van der Waals surface area contributed by atoms with Gasteiger partial charge in [-0.05, 0) is 0 Å². The van der Waals surface area contributed by atoms with Crippen molar-refractivity contribution in [2.75, 3.05) is 32.8 Å². The van der Waals surface area contributed by atoms with Crippen molar-refractivity contribution < 1.29 is 14.6 Å². The number of ketones is 1. The number of rotatable bonds is 5. The summed E-state index contributed by atoms with van der Waals surface area (Å²) in [5.41, 5.74) is 0.766. The molecule has 1 fully saturated rings. The molecule has 0 aliphatic carbocycles. The van der Waals surface area contributed by atoms with Gasteiger partial charge in [-0.15, -0.1) is 0 Å². The van der Waals surface area contributed by atoms with Gasteiger partial charge in [0.25, 0.3) is 0 Å². The van der Waals surface area contributed by atoms with Crippen LogP contribution in [0.5, 0.6) is 0 Å². The number of hydrogen-bond acceptors (Lipinski definition) is 4. The second-order valence-corrected chi connectivity index (χ2v) is 5.07. The lowest BCUT2D eigenvalue weighted by Gasteiger charge is -2.33. The summed E-state index contributed by atoms with van der Waals surface area (Å²) in [5.74, 6) is 0.132. The Morgan fingerprint density at radius 1 is 1.47 bits per heavy atom. The predicted molar refractivity (Wildman–Crippen MR) is 73.2 cm³/mol. The van der Waals surface area contributed by atoms with E-state index < -0.39 is 0 Å². The Labute approximate surface area is 114 Å². The SMILES string of the molecule is CC(CN1CCOC(CO)C1)C(=O)c1ccccc1. The minimum Gasteiger partial charge on any atom is -0.394 e. The fourth-order valence-electron chi connectivity index (χ4n) is 2.41. The van der Waals surface area contributed by atoms with Gasteiger partial charge in [-0.3, -0.25) is 9.69 Å². The van der Waals surface area contributed by atoms with E-state index in [0.717, 1.165) is 12.1 Å². The number of aliphatic hydroxyl groups is 1. The number of morpholine rings is 1. The molecule has 0 spiro atoms. The molecule has 19 heavy (non-hydrogen) atoms. The average molecular weight is 263 g/mol. The number of carbonyl (C=O) groups is 1. The van der Waals surface area contributed by atoms with E-state index in [4.69, 9.17) is 9.84 Å². The molecule has 1 aliphatic rings. The lowest BCUT2D eigenvalue weighted by Crippen LogP contribution is -2.46.